The van der Waals surface area contributed by atoms with Gasteiger partial charge >= 0.3 is 0 Å². The van der Waals surface area contributed by atoms with Gasteiger partial charge in [0.2, 0.25) is 11.8 Å². The van der Waals surface area contributed by atoms with Crippen molar-refractivity contribution in [1.29, 1.82) is 0 Å². The van der Waals surface area contributed by atoms with Crippen LogP contribution in [0.25, 0.3) is 0 Å². The predicted molar refractivity (Wildman–Crippen MR) is 94.2 cm³/mol. The average Bonchev–Trinajstić information content (AvgIpc) is 2.55. The Morgan fingerprint density at radius 3 is 2.25 bits per heavy atom. The lowest BCUT2D eigenvalue weighted by atomic mass is 9.65. The maximum Gasteiger partial charge on any atom is 0.223 e. The summed E-state index contributed by atoms with van der Waals surface area (Å²) in [6, 6.07) is 0.644. The quantitative estimate of drug-likeness (QED) is 0.719. The van der Waals surface area contributed by atoms with Crippen molar-refractivity contribution in [2.24, 2.45) is 23.5 Å². The van der Waals surface area contributed by atoms with E-state index in [0.717, 1.165) is 25.7 Å². The summed E-state index contributed by atoms with van der Waals surface area (Å²) in [5.41, 5.74) is 6.29. The fourth-order valence-corrected chi connectivity index (χ4v) is 4.99. The summed E-state index contributed by atoms with van der Waals surface area (Å²) >= 11 is 0. The van der Waals surface area contributed by atoms with Gasteiger partial charge in [0.1, 0.15) is 0 Å². The van der Waals surface area contributed by atoms with Gasteiger partial charge in [-0.2, -0.15) is 0 Å². The Hall–Kier alpha value is -1.10. The largest absolute Gasteiger partial charge is 0.355 e. The molecule has 0 spiro atoms. The Labute approximate surface area is 145 Å². The molecular formula is C19H33N3O2. The van der Waals surface area contributed by atoms with Gasteiger partial charge < -0.3 is 16.4 Å². The van der Waals surface area contributed by atoms with Gasteiger partial charge in [-0.3, -0.25) is 9.59 Å². The fourth-order valence-electron chi connectivity index (χ4n) is 4.99. The molecule has 0 heterocycles. The normalized spacial score (nSPS) is 33.7. The maximum absolute atomic E-state index is 12.4. The van der Waals surface area contributed by atoms with Crippen LogP contribution >= 0.6 is 0 Å². The van der Waals surface area contributed by atoms with Crippen molar-refractivity contribution in [3.8, 4) is 0 Å². The third-order valence-electron chi connectivity index (χ3n) is 6.41. The summed E-state index contributed by atoms with van der Waals surface area (Å²) < 4.78 is 0. The minimum atomic E-state index is 0.0738. The van der Waals surface area contributed by atoms with E-state index < -0.39 is 0 Å². The zero-order chi connectivity index (χ0) is 16.9. The molecule has 2 unspecified atom stereocenters. The monoisotopic (exact) mass is 335 g/mol. The number of rotatable bonds is 5. The molecule has 0 radical (unpaired) electrons. The molecule has 0 aromatic rings. The summed E-state index contributed by atoms with van der Waals surface area (Å²) in [6.45, 7) is 0.454. The molecule has 5 nitrogen and oxygen atoms in total. The lowest BCUT2D eigenvalue weighted by Crippen LogP contribution is -2.49. The Bertz CT molecular complexity index is 434. The van der Waals surface area contributed by atoms with E-state index in [4.69, 9.17) is 5.73 Å². The van der Waals surface area contributed by atoms with Crippen LogP contribution < -0.4 is 16.4 Å². The van der Waals surface area contributed by atoms with Crippen molar-refractivity contribution in [1.82, 2.24) is 10.6 Å². The van der Waals surface area contributed by atoms with Crippen LogP contribution in [0.2, 0.25) is 0 Å². The number of hydrogen-bond acceptors (Lipinski definition) is 3. The Kier molecular flexibility index (Phi) is 6.14. The molecule has 0 aliphatic heterocycles. The first-order valence-corrected chi connectivity index (χ1v) is 9.96. The molecule has 5 heteroatoms. The molecule has 2 amide bonds. The summed E-state index contributed by atoms with van der Waals surface area (Å²) in [7, 11) is 0. The minimum Gasteiger partial charge on any atom is -0.355 e. The topological polar surface area (TPSA) is 84.2 Å². The molecule has 24 heavy (non-hydrogen) atoms. The van der Waals surface area contributed by atoms with E-state index in [1.807, 2.05) is 0 Å². The van der Waals surface area contributed by atoms with Gasteiger partial charge in [-0.25, -0.2) is 0 Å². The summed E-state index contributed by atoms with van der Waals surface area (Å²) in [5, 5.41) is 6.09. The number of hydrogen-bond donors (Lipinski definition) is 3. The first-order chi connectivity index (χ1) is 11.6. The molecule has 2 bridgehead atoms. The molecule has 2 atom stereocenters. The second kappa shape index (κ2) is 8.32. The Balaban J connectivity index is 1.35. The van der Waals surface area contributed by atoms with Crippen LogP contribution in [0.5, 0.6) is 0 Å². The first kappa shape index (κ1) is 17.7. The third-order valence-corrected chi connectivity index (χ3v) is 6.41. The molecule has 3 saturated carbocycles. The number of nitrogens with two attached hydrogens (primary N) is 1. The van der Waals surface area contributed by atoms with Crippen LogP contribution in [0.3, 0.4) is 0 Å². The maximum atomic E-state index is 12.4. The van der Waals surface area contributed by atoms with Crippen molar-refractivity contribution in [2.75, 3.05) is 6.54 Å². The van der Waals surface area contributed by atoms with E-state index in [9.17, 15) is 9.59 Å². The van der Waals surface area contributed by atoms with Crippen LogP contribution in [-0.4, -0.2) is 30.4 Å². The summed E-state index contributed by atoms with van der Waals surface area (Å²) in [5.74, 6) is 1.33. The highest BCUT2D eigenvalue weighted by Gasteiger charge is 2.40. The molecule has 0 aromatic heterocycles. The van der Waals surface area contributed by atoms with Gasteiger partial charge in [-0.1, -0.05) is 25.7 Å². The van der Waals surface area contributed by atoms with Crippen molar-refractivity contribution >= 4 is 11.8 Å². The molecule has 0 saturated heterocycles. The van der Waals surface area contributed by atoms with Crippen molar-refractivity contribution < 1.29 is 9.59 Å². The Morgan fingerprint density at radius 2 is 1.58 bits per heavy atom. The molecule has 0 aromatic carbocycles. The lowest BCUT2D eigenvalue weighted by molar-refractivity contribution is -0.128. The highest BCUT2D eigenvalue weighted by atomic mass is 16.2. The predicted octanol–water partition coefficient (Wildman–Crippen LogP) is 2.10. The molecule has 3 aliphatic carbocycles. The fraction of sp³-hybridized carbons (Fsp3) is 0.895. The van der Waals surface area contributed by atoms with Gasteiger partial charge in [0.05, 0.1) is 0 Å². The van der Waals surface area contributed by atoms with Crippen molar-refractivity contribution in [2.45, 2.75) is 82.7 Å². The zero-order valence-corrected chi connectivity index (χ0v) is 14.8. The van der Waals surface area contributed by atoms with Gasteiger partial charge in [0.15, 0.2) is 0 Å². The highest BCUT2D eigenvalue weighted by Crippen LogP contribution is 2.41. The third kappa shape index (κ3) is 4.50. The molecule has 136 valence electrons. The van der Waals surface area contributed by atoms with Crippen LogP contribution in [0.1, 0.15) is 70.6 Å². The second-order valence-electron chi connectivity index (χ2n) is 8.14. The smallest absolute Gasteiger partial charge is 0.223 e. The molecule has 3 aliphatic rings. The van der Waals surface area contributed by atoms with Gasteiger partial charge in [-0.05, 0) is 50.4 Å². The number of carbonyl (C=O) groups is 2. The van der Waals surface area contributed by atoms with E-state index in [0.29, 0.717) is 36.9 Å². The van der Waals surface area contributed by atoms with E-state index >= 15 is 0 Å². The van der Waals surface area contributed by atoms with Crippen molar-refractivity contribution in [3.05, 3.63) is 0 Å². The second-order valence-corrected chi connectivity index (χ2v) is 8.14. The molecule has 3 rings (SSSR count). The van der Waals surface area contributed by atoms with Crippen LogP contribution in [0, 0.1) is 17.8 Å². The molecule has 3 fully saturated rings. The lowest BCUT2D eigenvalue weighted by Gasteiger charge is -2.43. The zero-order valence-electron chi connectivity index (χ0n) is 14.8. The van der Waals surface area contributed by atoms with Gasteiger partial charge in [0.25, 0.3) is 0 Å². The van der Waals surface area contributed by atoms with Gasteiger partial charge in [0, 0.05) is 31.0 Å². The van der Waals surface area contributed by atoms with Crippen LogP contribution in [0.15, 0.2) is 0 Å². The minimum absolute atomic E-state index is 0.0738. The van der Waals surface area contributed by atoms with E-state index in [1.165, 1.54) is 38.5 Å². The SMILES string of the molecule is NC1C2CCCC1CC(C(=O)NCCC(=O)NC1CCCCC1)C2. The van der Waals surface area contributed by atoms with E-state index in [2.05, 4.69) is 10.6 Å². The number of carbonyl (C=O) groups excluding carboxylic acids is 2. The van der Waals surface area contributed by atoms with Crippen molar-refractivity contribution in [3.63, 3.8) is 0 Å². The molecular weight excluding hydrogens is 302 g/mol. The average molecular weight is 335 g/mol. The summed E-state index contributed by atoms with van der Waals surface area (Å²) in [6.07, 6.45) is 11.8. The highest BCUT2D eigenvalue weighted by molar-refractivity contribution is 5.80. The van der Waals surface area contributed by atoms with E-state index in [-0.39, 0.29) is 17.7 Å². The standard InChI is InChI=1S/C19H33N3O2/c20-18-13-5-4-6-14(18)12-15(11-13)19(24)21-10-9-17(23)22-16-7-2-1-3-8-16/h13-16,18H,1-12,20H2,(H,21,24)(H,22,23). The summed E-state index contributed by atoms with van der Waals surface area (Å²) in [4.78, 5) is 24.4. The number of nitrogens with one attached hydrogen (secondary N) is 2. The van der Waals surface area contributed by atoms with E-state index in [1.54, 1.807) is 0 Å². The van der Waals surface area contributed by atoms with Gasteiger partial charge in [-0.15, -0.1) is 0 Å². The van der Waals surface area contributed by atoms with Crippen LogP contribution in [-0.2, 0) is 9.59 Å². The number of amides is 2. The Morgan fingerprint density at radius 1 is 0.917 bits per heavy atom. The van der Waals surface area contributed by atoms with Crippen LogP contribution in [0.4, 0.5) is 0 Å². The molecule has 4 N–H and O–H groups in total. The number of fused-ring (bicyclic) bond motifs is 2. The first-order valence-electron chi connectivity index (χ1n) is 9.96.